The van der Waals surface area contributed by atoms with Gasteiger partial charge in [0.1, 0.15) is 0 Å². The Morgan fingerprint density at radius 2 is 2.23 bits per heavy atom. The molecule has 1 aliphatic heterocycles. The number of hydrogen-bond donors (Lipinski definition) is 1. The predicted molar refractivity (Wildman–Crippen MR) is 94.3 cm³/mol. The third kappa shape index (κ3) is 3.67. The molecule has 1 aromatic heterocycles. The van der Waals surface area contributed by atoms with Gasteiger partial charge < -0.3 is 10.2 Å². The Hall–Kier alpha value is -0.980. The molecule has 0 unspecified atom stereocenters. The lowest BCUT2D eigenvalue weighted by atomic mass is 10.0. The second-order valence-corrected chi connectivity index (χ2v) is 7.74. The Morgan fingerprint density at radius 1 is 1.45 bits per heavy atom. The fourth-order valence-corrected chi connectivity index (χ4v) is 4.14. The van der Waals surface area contributed by atoms with Gasteiger partial charge in [-0.1, -0.05) is 15.9 Å². The molecule has 1 amide bonds. The van der Waals surface area contributed by atoms with Gasteiger partial charge in [-0.3, -0.25) is 4.79 Å². The summed E-state index contributed by atoms with van der Waals surface area (Å²) in [6.45, 7) is 2.02. The number of thiazole rings is 1. The summed E-state index contributed by atoms with van der Waals surface area (Å²) in [5.41, 5.74) is 1.01. The fraction of sp³-hybridized carbons (Fsp3) is 0.500. The number of halogens is 1. The number of benzene rings is 1. The zero-order chi connectivity index (χ0) is 15.5. The maximum absolute atomic E-state index is 12.4. The number of aryl methyl sites for hydroxylation is 1. The average Bonchev–Trinajstić information content (AvgIpc) is 2.94. The van der Waals surface area contributed by atoms with Crippen molar-refractivity contribution in [2.24, 2.45) is 0 Å². The van der Waals surface area contributed by atoms with Crippen LogP contribution in [-0.4, -0.2) is 42.0 Å². The van der Waals surface area contributed by atoms with Crippen LogP contribution in [0.15, 0.2) is 22.7 Å². The minimum absolute atomic E-state index is 0.229. The molecule has 1 fully saturated rings. The summed E-state index contributed by atoms with van der Waals surface area (Å²) < 4.78 is 2.22. The van der Waals surface area contributed by atoms with Crippen molar-refractivity contribution in [2.75, 3.05) is 20.1 Å². The molecule has 1 aliphatic rings. The normalized spacial score (nSPS) is 16.1. The van der Waals surface area contributed by atoms with Crippen LogP contribution in [0, 0.1) is 0 Å². The van der Waals surface area contributed by atoms with Crippen molar-refractivity contribution in [3.63, 3.8) is 0 Å². The maximum Gasteiger partial charge on any atom is 0.222 e. The first-order valence-corrected chi connectivity index (χ1v) is 9.26. The topological polar surface area (TPSA) is 45.2 Å². The largest absolute Gasteiger partial charge is 0.343 e. The Bertz CT molecular complexity index is 666. The second kappa shape index (κ2) is 7.06. The second-order valence-electron chi connectivity index (χ2n) is 5.71. The number of rotatable bonds is 4. The first kappa shape index (κ1) is 15.9. The highest BCUT2D eigenvalue weighted by molar-refractivity contribution is 9.10. The third-order valence-electron chi connectivity index (χ3n) is 4.20. The molecule has 1 N–H and O–H groups in total. The summed E-state index contributed by atoms with van der Waals surface area (Å²) in [4.78, 5) is 18.9. The van der Waals surface area contributed by atoms with Gasteiger partial charge in [-0.25, -0.2) is 4.98 Å². The van der Waals surface area contributed by atoms with Crippen LogP contribution in [0.1, 0.15) is 24.3 Å². The lowest BCUT2D eigenvalue weighted by Gasteiger charge is -2.31. The van der Waals surface area contributed by atoms with Crippen LogP contribution in [0.25, 0.3) is 10.2 Å². The molecule has 118 valence electrons. The van der Waals surface area contributed by atoms with E-state index in [1.165, 1.54) is 4.70 Å². The Balaban J connectivity index is 1.59. The summed E-state index contributed by atoms with van der Waals surface area (Å²) in [5, 5.41) is 4.38. The van der Waals surface area contributed by atoms with Gasteiger partial charge in [0.25, 0.3) is 0 Å². The number of hydrogen-bond acceptors (Lipinski definition) is 4. The highest BCUT2D eigenvalue weighted by atomic mass is 79.9. The van der Waals surface area contributed by atoms with E-state index in [9.17, 15) is 4.79 Å². The molecule has 0 atom stereocenters. The molecular weight excluding hydrogens is 362 g/mol. The first-order valence-electron chi connectivity index (χ1n) is 7.65. The molecule has 2 aromatic rings. The van der Waals surface area contributed by atoms with E-state index in [1.54, 1.807) is 11.3 Å². The molecule has 0 radical (unpaired) electrons. The molecule has 0 spiro atoms. The zero-order valence-corrected chi connectivity index (χ0v) is 15.0. The number of piperidine rings is 1. The lowest BCUT2D eigenvalue weighted by molar-refractivity contribution is -0.132. The van der Waals surface area contributed by atoms with E-state index in [4.69, 9.17) is 0 Å². The van der Waals surface area contributed by atoms with E-state index in [2.05, 4.69) is 32.3 Å². The molecule has 22 heavy (non-hydrogen) atoms. The van der Waals surface area contributed by atoms with Crippen molar-refractivity contribution in [3.05, 3.63) is 27.7 Å². The third-order valence-corrected chi connectivity index (χ3v) is 5.79. The number of amides is 1. The van der Waals surface area contributed by atoms with Gasteiger partial charge in [0, 0.05) is 30.4 Å². The minimum Gasteiger partial charge on any atom is -0.343 e. The monoisotopic (exact) mass is 381 g/mol. The minimum atomic E-state index is 0.229. The van der Waals surface area contributed by atoms with Gasteiger partial charge >= 0.3 is 0 Å². The predicted octanol–water partition coefficient (Wildman–Crippen LogP) is 3.20. The van der Waals surface area contributed by atoms with E-state index in [0.717, 1.165) is 47.3 Å². The van der Waals surface area contributed by atoms with Gasteiger partial charge in [-0.05, 0) is 44.1 Å². The zero-order valence-electron chi connectivity index (χ0n) is 12.6. The van der Waals surface area contributed by atoms with E-state index in [-0.39, 0.29) is 5.91 Å². The van der Waals surface area contributed by atoms with Crippen LogP contribution in [0.4, 0.5) is 0 Å². The van der Waals surface area contributed by atoms with Crippen LogP contribution in [-0.2, 0) is 11.2 Å². The number of nitrogens with one attached hydrogen (secondary N) is 1. The van der Waals surface area contributed by atoms with Crippen LogP contribution in [0.2, 0.25) is 0 Å². The Labute approximate surface area is 143 Å². The molecular formula is C16H20BrN3OS. The summed E-state index contributed by atoms with van der Waals surface area (Å²) in [5.74, 6) is 0.229. The standard InChI is InChI=1S/C16H20BrN3OS/c1-20(12-6-8-18-9-7-12)16(21)5-4-15-19-13-10-11(17)2-3-14(13)22-15/h2-3,10,12,18H,4-9H2,1H3. The smallest absolute Gasteiger partial charge is 0.222 e. The number of fused-ring (bicyclic) bond motifs is 1. The molecule has 0 aliphatic carbocycles. The van der Waals surface area contributed by atoms with E-state index in [0.29, 0.717) is 12.5 Å². The van der Waals surface area contributed by atoms with Crippen molar-refractivity contribution in [1.82, 2.24) is 15.2 Å². The van der Waals surface area contributed by atoms with Gasteiger partial charge in [-0.15, -0.1) is 11.3 Å². The number of carbonyl (C=O) groups excluding carboxylic acids is 1. The quantitative estimate of drug-likeness (QED) is 0.884. The van der Waals surface area contributed by atoms with Crippen molar-refractivity contribution < 1.29 is 4.79 Å². The SMILES string of the molecule is CN(C(=O)CCc1nc2cc(Br)ccc2s1)C1CCNCC1. The van der Waals surface area contributed by atoms with E-state index >= 15 is 0 Å². The molecule has 0 bridgehead atoms. The molecule has 1 aromatic carbocycles. The van der Waals surface area contributed by atoms with Crippen LogP contribution >= 0.6 is 27.3 Å². The van der Waals surface area contributed by atoms with Crippen molar-refractivity contribution in [3.8, 4) is 0 Å². The van der Waals surface area contributed by atoms with Crippen LogP contribution in [0.5, 0.6) is 0 Å². The van der Waals surface area contributed by atoms with Gasteiger partial charge in [0.2, 0.25) is 5.91 Å². The number of aromatic nitrogens is 1. The van der Waals surface area contributed by atoms with Gasteiger partial charge in [0.15, 0.2) is 0 Å². The van der Waals surface area contributed by atoms with E-state index in [1.807, 2.05) is 24.1 Å². The highest BCUT2D eigenvalue weighted by Crippen LogP contribution is 2.26. The van der Waals surface area contributed by atoms with Crippen LogP contribution < -0.4 is 5.32 Å². The Morgan fingerprint density at radius 3 is 3.00 bits per heavy atom. The van der Waals surface area contributed by atoms with Crippen molar-refractivity contribution in [1.29, 1.82) is 0 Å². The summed E-state index contributed by atoms with van der Waals surface area (Å²) in [6, 6.07) is 6.52. The van der Waals surface area contributed by atoms with Crippen molar-refractivity contribution in [2.45, 2.75) is 31.7 Å². The lowest BCUT2D eigenvalue weighted by Crippen LogP contribution is -2.44. The number of carbonyl (C=O) groups is 1. The van der Waals surface area contributed by atoms with Crippen LogP contribution in [0.3, 0.4) is 0 Å². The van der Waals surface area contributed by atoms with E-state index < -0.39 is 0 Å². The van der Waals surface area contributed by atoms with Gasteiger partial charge in [0.05, 0.1) is 15.2 Å². The summed E-state index contributed by atoms with van der Waals surface area (Å²) in [6.07, 6.45) is 3.38. The molecule has 2 heterocycles. The fourth-order valence-electron chi connectivity index (χ4n) is 2.84. The highest BCUT2D eigenvalue weighted by Gasteiger charge is 2.21. The van der Waals surface area contributed by atoms with Gasteiger partial charge in [-0.2, -0.15) is 0 Å². The molecule has 4 nitrogen and oxygen atoms in total. The maximum atomic E-state index is 12.4. The summed E-state index contributed by atoms with van der Waals surface area (Å²) in [7, 11) is 1.94. The first-order chi connectivity index (χ1) is 10.6. The summed E-state index contributed by atoms with van der Waals surface area (Å²) >= 11 is 5.15. The Kier molecular flexibility index (Phi) is 5.10. The number of nitrogens with zero attached hydrogens (tertiary/aromatic N) is 2. The molecule has 0 saturated carbocycles. The van der Waals surface area contributed by atoms with Crippen molar-refractivity contribution >= 4 is 43.4 Å². The molecule has 1 saturated heterocycles. The average molecular weight is 382 g/mol. The molecule has 6 heteroatoms. The molecule has 3 rings (SSSR count).